The van der Waals surface area contributed by atoms with Crippen molar-refractivity contribution in [1.82, 2.24) is 10.2 Å². The van der Waals surface area contributed by atoms with Crippen LogP contribution in [0.25, 0.3) is 0 Å². The van der Waals surface area contributed by atoms with Gasteiger partial charge in [-0.3, -0.25) is 13.9 Å². The first-order valence-corrected chi connectivity index (χ1v) is 15.6. The molecule has 0 spiro atoms. The van der Waals surface area contributed by atoms with Gasteiger partial charge in [0.15, 0.2) is 0 Å². The van der Waals surface area contributed by atoms with Crippen molar-refractivity contribution in [2.75, 3.05) is 17.4 Å². The molecule has 0 heterocycles. The van der Waals surface area contributed by atoms with E-state index in [4.69, 9.17) is 0 Å². The van der Waals surface area contributed by atoms with Gasteiger partial charge in [0.2, 0.25) is 11.8 Å². The zero-order valence-electron chi connectivity index (χ0n) is 24.3. The Labute approximate surface area is 253 Å². The number of halogens is 1. The van der Waals surface area contributed by atoms with E-state index in [1.807, 2.05) is 50.2 Å². The Kier molecular flexibility index (Phi) is 10.7. The fourth-order valence-corrected chi connectivity index (χ4v) is 6.17. The zero-order chi connectivity index (χ0) is 30.8. The van der Waals surface area contributed by atoms with Gasteiger partial charge in [0.05, 0.1) is 10.6 Å². The number of hydrogen-bond donors (Lipinski definition) is 1. The van der Waals surface area contributed by atoms with Gasteiger partial charge in [-0.1, -0.05) is 79.7 Å². The van der Waals surface area contributed by atoms with Crippen molar-refractivity contribution in [2.45, 2.75) is 44.2 Å². The summed E-state index contributed by atoms with van der Waals surface area (Å²) < 4.78 is 42.8. The Morgan fingerprint density at radius 1 is 0.837 bits per heavy atom. The molecule has 0 radical (unpaired) electrons. The van der Waals surface area contributed by atoms with Crippen LogP contribution in [0.1, 0.15) is 30.0 Å². The Morgan fingerprint density at radius 3 is 2.12 bits per heavy atom. The minimum Gasteiger partial charge on any atom is -0.354 e. The Hall–Kier alpha value is -4.50. The molecule has 1 unspecified atom stereocenters. The van der Waals surface area contributed by atoms with Crippen molar-refractivity contribution in [3.63, 3.8) is 0 Å². The second-order valence-corrected chi connectivity index (χ2v) is 12.2. The van der Waals surface area contributed by atoms with Crippen LogP contribution in [0.15, 0.2) is 114 Å². The molecule has 2 amide bonds. The van der Waals surface area contributed by atoms with E-state index in [0.29, 0.717) is 24.2 Å². The molecule has 0 bridgehead atoms. The molecular formula is C34H36FN3O4S. The maximum atomic E-state index is 14.3. The van der Waals surface area contributed by atoms with Crippen molar-refractivity contribution in [3.05, 3.63) is 132 Å². The van der Waals surface area contributed by atoms with E-state index in [1.165, 1.54) is 29.2 Å². The number of rotatable bonds is 13. The monoisotopic (exact) mass is 601 g/mol. The summed E-state index contributed by atoms with van der Waals surface area (Å²) in [7, 11) is -4.16. The van der Waals surface area contributed by atoms with E-state index in [9.17, 15) is 22.4 Å². The van der Waals surface area contributed by atoms with Gasteiger partial charge in [0, 0.05) is 19.5 Å². The molecule has 224 valence electrons. The van der Waals surface area contributed by atoms with E-state index in [-0.39, 0.29) is 23.8 Å². The minimum atomic E-state index is -4.16. The summed E-state index contributed by atoms with van der Waals surface area (Å²) in [6.45, 7) is 3.62. The molecule has 0 fully saturated rings. The van der Waals surface area contributed by atoms with Gasteiger partial charge in [-0.05, 0) is 66.4 Å². The lowest BCUT2D eigenvalue weighted by Crippen LogP contribution is -2.53. The highest BCUT2D eigenvalue weighted by Crippen LogP contribution is 2.26. The van der Waals surface area contributed by atoms with E-state index in [1.54, 1.807) is 48.5 Å². The Balaban J connectivity index is 1.78. The molecule has 7 nitrogen and oxygen atoms in total. The van der Waals surface area contributed by atoms with Gasteiger partial charge in [0.1, 0.15) is 18.4 Å². The second-order valence-electron chi connectivity index (χ2n) is 10.3. The van der Waals surface area contributed by atoms with E-state index in [2.05, 4.69) is 5.32 Å². The number of nitrogens with zero attached hydrogens (tertiary/aromatic N) is 2. The predicted octanol–water partition coefficient (Wildman–Crippen LogP) is 5.50. The SMILES string of the molecule is CCCNC(=O)C(Cc1ccccc1)N(Cc1ccc(F)cc1)C(=O)CN(c1cccc(C)c1)S(=O)(=O)c1ccccc1. The van der Waals surface area contributed by atoms with Crippen molar-refractivity contribution < 1.29 is 22.4 Å². The molecule has 0 aromatic heterocycles. The van der Waals surface area contributed by atoms with Crippen molar-refractivity contribution in [1.29, 1.82) is 0 Å². The fourth-order valence-electron chi connectivity index (χ4n) is 4.74. The number of amides is 2. The van der Waals surface area contributed by atoms with Crippen molar-refractivity contribution >= 4 is 27.5 Å². The molecule has 0 aliphatic carbocycles. The summed E-state index contributed by atoms with van der Waals surface area (Å²) in [4.78, 5) is 29.4. The summed E-state index contributed by atoms with van der Waals surface area (Å²) in [5.41, 5.74) is 2.59. The van der Waals surface area contributed by atoms with Crippen LogP contribution in [0.5, 0.6) is 0 Å². The van der Waals surface area contributed by atoms with E-state index in [0.717, 1.165) is 15.4 Å². The van der Waals surface area contributed by atoms with Gasteiger partial charge < -0.3 is 10.2 Å². The molecule has 1 N–H and O–H groups in total. The second kappa shape index (κ2) is 14.6. The highest BCUT2D eigenvalue weighted by molar-refractivity contribution is 7.92. The molecule has 43 heavy (non-hydrogen) atoms. The first-order valence-electron chi connectivity index (χ1n) is 14.2. The lowest BCUT2D eigenvalue weighted by Gasteiger charge is -2.34. The normalized spacial score (nSPS) is 11.9. The molecule has 0 saturated heterocycles. The lowest BCUT2D eigenvalue weighted by atomic mass is 10.0. The van der Waals surface area contributed by atoms with Gasteiger partial charge in [-0.25, -0.2) is 12.8 Å². The number of hydrogen-bond acceptors (Lipinski definition) is 4. The van der Waals surface area contributed by atoms with Gasteiger partial charge in [-0.2, -0.15) is 0 Å². The third-order valence-electron chi connectivity index (χ3n) is 6.99. The number of sulfonamides is 1. The molecule has 0 aliphatic rings. The van der Waals surface area contributed by atoms with Crippen molar-refractivity contribution in [3.8, 4) is 0 Å². The maximum Gasteiger partial charge on any atom is 0.264 e. The van der Waals surface area contributed by atoms with E-state index >= 15 is 0 Å². The molecule has 4 rings (SSSR count). The molecular weight excluding hydrogens is 565 g/mol. The summed E-state index contributed by atoms with van der Waals surface area (Å²) in [6, 6.07) is 28.9. The number of benzene rings is 4. The fraction of sp³-hybridized carbons (Fsp3) is 0.235. The zero-order valence-corrected chi connectivity index (χ0v) is 25.1. The molecule has 0 saturated carbocycles. The van der Waals surface area contributed by atoms with Gasteiger partial charge in [0.25, 0.3) is 10.0 Å². The molecule has 9 heteroatoms. The topological polar surface area (TPSA) is 86.8 Å². The largest absolute Gasteiger partial charge is 0.354 e. The summed E-state index contributed by atoms with van der Waals surface area (Å²) in [5.74, 6) is -1.35. The smallest absolute Gasteiger partial charge is 0.264 e. The first-order chi connectivity index (χ1) is 20.7. The Bertz CT molecular complexity index is 1610. The summed E-state index contributed by atoms with van der Waals surface area (Å²) in [5, 5.41) is 2.91. The number of carbonyl (C=O) groups excluding carboxylic acids is 2. The van der Waals surface area contributed by atoms with Crippen LogP contribution < -0.4 is 9.62 Å². The molecule has 0 aliphatic heterocycles. The summed E-state index contributed by atoms with van der Waals surface area (Å²) in [6.07, 6.45) is 0.908. The van der Waals surface area contributed by atoms with Gasteiger partial charge in [-0.15, -0.1) is 0 Å². The Morgan fingerprint density at radius 2 is 1.49 bits per heavy atom. The number of carbonyl (C=O) groups is 2. The maximum absolute atomic E-state index is 14.3. The molecule has 4 aromatic carbocycles. The van der Waals surface area contributed by atoms with Crippen molar-refractivity contribution in [2.24, 2.45) is 0 Å². The van der Waals surface area contributed by atoms with Gasteiger partial charge >= 0.3 is 0 Å². The van der Waals surface area contributed by atoms with Crippen LogP contribution >= 0.6 is 0 Å². The third-order valence-corrected chi connectivity index (χ3v) is 8.77. The average Bonchev–Trinajstić information content (AvgIpc) is 3.02. The molecule has 1 atom stereocenters. The standard InChI is InChI=1S/C34H36FN3O4S/c1-3-21-36-34(40)32(23-27-12-6-4-7-13-27)37(24-28-17-19-29(35)20-18-28)33(39)25-38(30-14-10-11-26(2)22-30)43(41,42)31-15-8-5-9-16-31/h4-20,22,32H,3,21,23-25H2,1-2H3,(H,36,40). The number of aryl methyl sites for hydroxylation is 1. The van der Waals surface area contributed by atoms with Crippen LogP contribution in [-0.2, 0) is 32.6 Å². The summed E-state index contributed by atoms with van der Waals surface area (Å²) >= 11 is 0. The van der Waals surface area contributed by atoms with E-state index < -0.39 is 34.3 Å². The lowest BCUT2D eigenvalue weighted by molar-refractivity contribution is -0.140. The highest BCUT2D eigenvalue weighted by atomic mass is 32.2. The minimum absolute atomic E-state index is 0.0246. The predicted molar refractivity (Wildman–Crippen MR) is 166 cm³/mol. The average molecular weight is 602 g/mol. The van der Waals surface area contributed by atoms with Crippen LogP contribution in [0.2, 0.25) is 0 Å². The molecule has 4 aromatic rings. The van der Waals surface area contributed by atoms with Crippen LogP contribution in [0.4, 0.5) is 10.1 Å². The van der Waals surface area contributed by atoms with Crippen LogP contribution in [0, 0.1) is 12.7 Å². The quantitative estimate of drug-likeness (QED) is 0.219. The highest BCUT2D eigenvalue weighted by Gasteiger charge is 2.34. The van der Waals surface area contributed by atoms with Crippen LogP contribution in [0.3, 0.4) is 0 Å². The number of anilines is 1. The third kappa shape index (κ3) is 8.29. The first kappa shape index (κ1) is 31.4. The number of nitrogens with one attached hydrogen (secondary N) is 1. The van der Waals surface area contributed by atoms with Crippen LogP contribution in [-0.4, -0.2) is 44.3 Å².